The van der Waals surface area contributed by atoms with Gasteiger partial charge in [0, 0.05) is 14.2 Å². The first-order valence-corrected chi connectivity index (χ1v) is 8.16. The number of aliphatic hydroxyl groups is 1. The molecule has 0 unspecified atom stereocenters. The highest BCUT2D eigenvalue weighted by molar-refractivity contribution is 7.89. The lowest BCUT2D eigenvalue weighted by Crippen LogP contribution is -2.52. The minimum absolute atomic E-state index is 0.245. The second kappa shape index (κ2) is 6.22. The average Bonchev–Trinajstić information content (AvgIpc) is 2.47. The molecule has 1 aromatic rings. The van der Waals surface area contributed by atoms with Crippen LogP contribution in [-0.2, 0) is 14.8 Å². The topological polar surface area (TPSA) is 66.8 Å². The highest BCUT2D eigenvalue weighted by Gasteiger charge is 2.39. The Labute approximate surface area is 120 Å². The summed E-state index contributed by atoms with van der Waals surface area (Å²) in [7, 11) is -0.520. The first kappa shape index (κ1) is 15.4. The van der Waals surface area contributed by atoms with E-state index in [0.29, 0.717) is 6.42 Å². The van der Waals surface area contributed by atoms with Crippen molar-refractivity contribution in [1.29, 1.82) is 0 Å². The molecule has 0 aliphatic heterocycles. The number of methoxy groups -OCH3 is 1. The van der Waals surface area contributed by atoms with Gasteiger partial charge in [0.05, 0.1) is 23.1 Å². The van der Waals surface area contributed by atoms with Crippen molar-refractivity contribution in [2.75, 3.05) is 14.2 Å². The smallest absolute Gasteiger partial charge is 0.243 e. The number of likely N-dealkylation sites (N-methyl/N-ethyl adjacent to an activating group) is 1. The lowest BCUT2D eigenvalue weighted by molar-refractivity contribution is -0.0644. The molecule has 1 N–H and O–H groups in total. The molecule has 6 heteroatoms. The first-order chi connectivity index (χ1) is 9.48. The van der Waals surface area contributed by atoms with Gasteiger partial charge in [-0.15, -0.1) is 0 Å². The van der Waals surface area contributed by atoms with E-state index >= 15 is 0 Å². The molecule has 0 aromatic heterocycles. The number of sulfonamides is 1. The van der Waals surface area contributed by atoms with E-state index in [1.807, 2.05) is 0 Å². The number of hydrogen-bond donors (Lipinski definition) is 1. The second-order valence-corrected chi connectivity index (χ2v) is 7.09. The van der Waals surface area contributed by atoms with Gasteiger partial charge < -0.3 is 9.84 Å². The third kappa shape index (κ3) is 2.88. The summed E-state index contributed by atoms with van der Waals surface area (Å²) in [5.74, 6) is 0. The van der Waals surface area contributed by atoms with Gasteiger partial charge in [-0.25, -0.2) is 8.42 Å². The maximum absolute atomic E-state index is 12.5. The maximum Gasteiger partial charge on any atom is 0.243 e. The van der Waals surface area contributed by atoms with Gasteiger partial charge in [-0.05, 0) is 31.4 Å². The van der Waals surface area contributed by atoms with Crippen LogP contribution in [0.3, 0.4) is 0 Å². The summed E-state index contributed by atoms with van der Waals surface area (Å²) in [5.41, 5.74) is 0. The van der Waals surface area contributed by atoms with Crippen molar-refractivity contribution in [3.63, 3.8) is 0 Å². The van der Waals surface area contributed by atoms with Crippen LogP contribution in [0.2, 0.25) is 0 Å². The molecular weight excluding hydrogens is 278 g/mol. The van der Waals surface area contributed by atoms with Crippen LogP contribution >= 0.6 is 0 Å². The highest BCUT2D eigenvalue weighted by atomic mass is 32.2. The SMILES string of the molecule is CO[C@@H]1CCC[C@@H](N(C)S(=O)(=O)c2ccccc2)[C@H]1O. The molecule has 0 spiro atoms. The fourth-order valence-corrected chi connectivity index (χ4v) is 4.13. The van der Waals surface area contributed by atoms with Crippen LogP contribution < -0.4 is 0 Å². The number of nitrogens with zero attached hydrogens (tertiary/aromatic N) is 1. The zero-order valence-corrected chi connectivity index (χ0v) is 12.6. The Morgan fingerprint density at radius 3 is 2.50 bits per heavy atom. The minimum Gasteiger partial charge on any atom is -0.389 e. The van der Waals surface area contributed by atoms with Crippen LogP contribution in [-0.4, -0.2) is 50.2 Å². The number of hydrogen-bond acceptors (Lipinski definition) is 4. The average molecular weight is 299 g/mol. The summed E-state index contributed by atoms with van der Waals surface area (Å²) in [6.45, 7) is 0. The van der Waals surface area contributed by atoms with Crippen LogP contribution in [0, 0.1) is 0 Å². The molecule has 0 radical (unpaired) electrons. The Morgan fingerprint density at radius 2 is 1.90 bits per heavy atom. The molecule has 1 aliphatic carbocycles. The molecule has 3 atom stereocenters. The summed E-state index contributed by atoms with van der Waals surface area (Å²) in [5, 5.41) is 10.3. The van der Waals surface area contributed by atoms with Gasteiger partial charge in [-0.2, -0.15) is 4.31 Å². The summed E-state index contributed by atoms with van der Waals surface area (Å²) in [4.78, 5) is 0.245. The van der Waals surface area contributed by atoms with E-state index in [4.69, 9.17) is 4.74 Å². The van der Waals surface area contributed by atoms with Crippen molar-refractivity contribution >= 4 is 10.0 Å². The van der Waals surface area contributed by atoms with Crippen LogP contribution in [0.4, 0.5) is 0 Å². The van der Waals surface area contributed by atoms with Crippen molar-refractivity contribution < 1.29 is 18.3 Å². The summed E-state index contributed by atoms with van der Waals surface area (Å²) < 4.78 is 31.6. The Balaban J connectivity index is 2.24. The fourth-order valence-electron chi connectivity index (χ4n) is 2.71. The molecular formula is C14H21NO4S. The Morgan fingerprint density at radius 1 is 1.25 bits per heavy atom. The van der Waals surface area contributed by atoms with Crippen LogP contribution in [0.5, 0.6) is 0 Å². The normalized spacial score (nSPS) is 27.7. The van der Waals surface area contributed by atoms with Crippen molar-refractivity contribution in [1.82, 2.24) is 4.31 Å². The molecule has 1 aliphatic rings. The molecule has 1 saturated carbocycles. The zero-order chi connectivity index (χ0) is 14.8. The largest absolute Gasteiger partial charge is 0.389 e. The number of ether oxygens (including phenoxy) is 1. The van der Waals surface area contributed by atoms with E-state index in [-0.39, 0.29) is 11.0 Å². The van der Waals surface area contributed by atoms with Gasteiger partial charge >= 0.3 is 0 Å². The molecule has 0 heterocycles. The van der Waals surface area contributed by atoms with E-state index in [2.05, 4.69) is 0 Å². The summed E-state index contributed by atoms with van der Waals surface area (Å²) >= 11 is 0. The van der Waals surface area contributed by atoms with Gasteiger partial charge in [0.1, 0.15) is 0 Å². The van der Waals surface area contributed by atoms with Crippen molar-refractivity contribution in [2.45, 2.75) is 42.4 Å². The highest BCUT2D eigenvalue weighted by Crippen LogP contribution is 2.28. The van der Waals surface area contributed by atoms with E-state index < -0.39 is 22.2 Å². The number of benzene rings is 1. The third-order valence-corrected chi connectivity index (χ3v) is 5.85. The summed E-state index contributed by atoms with van der Waals surface area (Å²) in [6, 6.07) is 7.84. The fraction of sp³-hybridized carbons (Fsp3) is 0.571. The van der Waals surface area contributed by atoms with Gasteiger partial charge in [0.25, 0.3) is 0 Å². The molecule has 20 heavy (non-hydrogen) atoms. The predicted molar refractivity (Wildman–Crippen MR) is 75.8 cm³/mol. The van der Waals surface area contributed by atoms with E-state index in [1.54, 1.807) is 37.4 Å². The van der Waals surface area contributed by atoms with Crippen molar-refractivity contribution in [3.05, 3.63) is 30.3 Å². The van der Waals surface area contributed by atoms with Gasteiger partial charge in [-0.3, -0.25) is 0 Å². The lowest BCUT2D eigenvalue weighted by Gasteiger charge is -2.38. The van der Waals surface area contributed by atoms with E-state index in [1.165, 1.54) is 11.4 Å². The Hall–Kier alpha value is -0.950. The zero-order valence-electron chi connectivity index (χ0n) is 11.8. The monoisotopic (exact) mass is 299 g/mol. The molecule has 2 rings (SSSR count). The van der Waals surface area contributed by atoms with Crippen molar-refractivity contribution in [3.8, 4) is 0 Å². The molecule has 112 valence electrons. The van der Waals surface area contributed by atoms with Gasteiger partial charge in [0.15, 0.2) is 0 Å². The second-order valence-electron chi connectivity index (χ2n) is 5.10. The Bertz CT molecular complexity index is 531. The molecule has 1 aromatic carbocycles. The van der Waals surface area contributed by atoms with Gasteiger partial charge in [-0.1, -0.05) is 18.2 Å². The molecule has 1 fully saturated rings. The molecule has 0 saturated heterocycles. The van der Waals surface area contributed by atoms with E-state index in [0.717, 1.165) is 12.8 Å². The molecule has 0 bridgehead atoms. The van der Waals surface area contributed by atoms with Crippen LogP contribution in [0.15, 0.2) is 35.2 Å². The minimum atomic E-state index is -3.59. The lowest BCUT2D eigenvalue weighted by atomic mass is 9.90. The van der Waals surface area contributed by atoms with Crippen molar-refractivity contribution in [2.24, 2.45) is 0 Å². The molecule has 5 nitrogen and oxygen atoms in total. The third-order valence-electron chi connectivity index (χ3n) is 3.95. The Kier molecular flexibility index (Phi) is 4.80. The first-order valence-electron chi connectivity index (χ1n) is 6.72. The summed E-state index contributed by atoms with van der Waals surface area (Å²) in [6.07, 6.45) is 1.14. The number of rotatable bonds is 4. The van der Waals surface area contributed by atoms with Gasteiger partial charge in [0.2, 0.25) is 10.0 Å². The van der Waals surface area contributed by atoms with Crippen LogP contribution in [0.25, 0.3) is 0 Å². The van der Waals surface area contributed by atoms with E-state index in [9.17, 15) is 13.5 Å². The predicted octanol–water partition coefficient (Wildman–Crippen LogP) is 1.24. The quantitative estimate of drug-likeness (QED) is 0.908. The molecule has 0 amide bonds. The standard InChI is InChI=1S/C14H21NO4S/c1-15(12-9-6-10-13(19-2)14(12)16)20(17,18)11-7-4-3-5-8-11/h3-5,7-8,12-14,16H,6,9-10H2,1-2H3/t12-,13-,14-/m1/s1. The number of aliphatic hydroxyl groups excluding tert-OH is 1. The van der Waals surface area contributed by atoms with Crippen LogP contribution in [0.1, 0.15) is 19.3 Å². The maximum atomic E-state index is 12.5.